The average molecular weight is 393 g/mol. The van der Waals surface area contributed by atoms with E-state index >= 15 is 0 Å². The fourth-order valence-electron chi connectivity index (χ4n) is 4.47. The Bertz CT molecular complexity index is 810. The van der Waals surface area contributed by atoms with E-state index in [4.69, 9.17) is 4.74 Å². The van der Waals surface area contributed by atoms with Crippen LogP contribution in [0.15, 0.2) is 48.5 Å². The van der Waals surface area contributed by atoms with Gasteiger partial charge in [-0.2, -0.15) is 0 Å². The Morgan fingerprint density at radius 1 is 1.00 bits per heavy atom. The number of hydrogen-bond donors (Lipinski definition) is 0. The molecular weight excluding hydrogens is 360 g/mol. The van der Waals surface area contributed by atoms with Crippen LogP contribution in [0, 0.1) is 0 Å². The Morgan fingerprint density at radius 3 is 2.45 bits per heavy atom. The molecule has 1 amide bonds. The number of ether oxygens (including phenoxy) is 1. The zero-order valence-electron chi connectivity index (χ0n) is 17.5. The van der Waals surface area contributed by atoms with E-state index < -0.39 is 0 Å². The lowest BCUT2D eigenvalue weighted by atomic mass is 9.95. The maximum atomic E-state index is 12.9. The molecule has 4 rings (SSSR count). The number of carbonyl (C=O) groups excluding carboxylic acids is 1. The molecule has 2 aromatic carbocycles. The number of nitrogens with zero attached hydrogens (tertiary/aromatic N) is 2. The molecular formula is C25H32N2O2. The zero-order chi connectivity index (χ0) is 20.1. The highest BCUT2D eigenvalue weighted by Gasteiger charge is 2.29. The van der Waals surface area contributed by atoms with Crippen LogP contribution in [0.4, 0.5) is 0 Å². The lowest BCUT2D eigenvalue weighted by Gasteiger charge is -2.40. The molecule has 0 bridgehead atoms. The molecule has 2 aliphatic heterocycles. The molecule has 0 unspecified atom stereocenters. The van der Waals surface area contributed by atoms with Crippen molar-refractivity contribution in [2.45, 2.75) is 51.6 Å². The summed E-state index contributed by atoms with van der Waals surface area (Å²) in [5.74, 6) is 0.992. The van der Waals surface area contributed by atoms with Crippen molar-refractivity contribution in [2.24, 2.45) is 0 Å². The second-order valence-corrected chi connectivity index (χ2v) is 8.24. The van der Waals surface area contributed by atoms with Crippen molar-refractivity contribution in [3.05, 3.63) is 65.2 Å². The van der Waals surface area contributed by atoms with Crippen molar-refractivity contribution in [3.8, 4) is 5.75 Å². The molecule has 0 aromatic heterocycles. The van der Waals surface area contributed by atoms with E-state index in [1.54, 1.807) is 0 Å². The molecule has 2 aliphatic rings. The molecule has 154 valence electrons. The standard InChI is InChI=1S/C25H32N2O2/c1-2-3-18-29-24-10-8-21(9-11-24)25(28)26-16-13-23(14-17-26)27-15-12-20-6-4-5-7-22(20)19-27/h4-11,23H,2-3,12-19H2,1H3. The van der Waals surface area contributed by atoms with E-state index in [2.05, 4.69) is 36.1 Å². The van der Waals surface area contributed by atoms with Crippen LogP contribution < -0.4 is 4.74 Å². The number of fused-ring (bicyclic) bond motifs is 1. The van der Waals surface area contributed by atoms with Crippen molar-refractivity contribution in [1.29, 1.82) is 0 Å². The minimum atomic E-state index is 0.146. The van der Waals surface area contributed by atoms with Crippen molar-refractivity contribution in [1.82, 2.24) is 9.80 Å². The van der Waals surface area contributed by atoms with E-state index in [1.807, 2.05) is 29.2 Å². The molecule has 29 heavy (non-hydrogen) atoms. The number of hydrogen-bond acceptors (Lipinski definition) is 3. The van der Waals surface area contributed by atoms with Crippen LogP contribution in [-0.4, -0.2) is 48.0 Å². The summed E-state index contributed by atoms with van der Waals surface area (Å²) >= 11 is 0. The van der Waals surface area contributed by atoms with Gasteiger partial charge in [0.05, 0.1) is 6.61 Å². The Balaban J connectivity index is 1.29. The largest absolute Gasteiger partial charge is 0.494 e. The van der Waals surface area contributed by atoms with Crippen molar-refractivity contribution >= 4 is 5.91 Å². The number of piperidine rings is 1. The van der Waals surface area contributed by atoms with Crippen molar-refractivity contribution in [2.75, 3.05) is 26.2 Å². The highest BCUT2D eigenvalue weighted by Crippen LogP contribution is 2.25. The first-order valence-electron chi connectivity index (χ1n) is 11.1. The van der Waals surface area contributed by atoms with E-state index in [1.165, 1.54) is 11.1 Å². The second kappa shape index (κ2) is 9.45. The van der Waals surface area contributed by atoms with Crippen LogP contribution in [-0.2, 0) is 13.0 Å². The van der Waals surface area contributed by atoms with Gasteiger partial charge in [0, 0.05) is 37.8 Å². The summed E-state index contributed by atoms with van der Waals surface area (Å²) in [5, 5.41) is 0. The monoisotopic (exact) mass is 392 g/mol. The van der Waals surface area contributed by atoms with E-state index in [-0.39, 0.29) is 5.91 Å². The molecule has 0 spiro atoms. The first-order valence-corrected chi connectivity index (χ1v) is 11.1. The number of rotatable bonds is 6. The topological polar surface area (TPSA) is 32.8 Å². The molecule has 1 fully saturated rings. The van der Waals surface area contributed by atoms with Gasteiger partial charge in [-0.25, -0.2) is 0 Å². The molecule has 0 atom stereocenters. The summed E-state index contributed by atoms with van der Waals surface area (Å²) in [7, 11) is 0. The zero-order valence-corrected chi connectivity index (χ0v) is 17.5. The van der Waals surface area contributed by atoms with Crippen molar-refractivity contribution in [3.63, 3.8) is 0 Å². The van der Waals surface area contributed by atoms with Gasteiger partial charge >= 0.3 is 0 Å². The third kappa shape index (κ3) is 4.81. The first kappa shape index (κ1) is 20.0. The van der Waals surface area contributed by atoms with Gasteiger partial charge in [0.25, 0.3) is 5.91 Å². The van der Waals surface area contributed by atoms with Crippen LogP contribution in [0.25, 0.3) is 0 Å². The molecule has 4 nitrogen and oxygen atoms in total. The van der Waals surface area contributed by atoms with Crippen LogP contribution >= 0.6 is 0 Å². The molecule has 1 saturated heterocycles. The molecule has 0 saturated carbocycles. The molecule has 0 radical (unpaired) electrons. The van der Waals surface area contributed by atoms with Crippen LogP contribution in [0.5, 0.6) is 5.75 Å². The van der Waals surface area contributed by atoms with Gasteiger partial charge in [0.2, 0.25) is 0 Å². The fraction of sp³-hybridized carbons (Fsp3) is 0.480. The number of amides is 1. The summed E-state index contributed by atoms with van der Waals surface area (Å²) < 4.78 is 5.70. The number of benzene rings is 2. The summed E-state index contributed by atoms with van der Waals surface area (Å²) in [4.78, 5) is 17.5. The number of unbranched alkanes of at least 4 members (excludes halogenated alkanes) is 1. The van der Waals surface area contributed by atoms with Gasteiger partial charge in [-0.3, -0.25) is 9.69 Å². The molecule has 2 aromatic rings. The molecule has 2 heterocycles. The summed E-state index contributed by atoms with van der Waals surface area (Å²) in [6.07, 6.45) is 5.44. The maximum absolute atomic E-state index is 12.9. The summed E-state index contributed by atoms with van der Waals surface area (Å²) in [5.41, 5.74) is 3.73. The number of carbonyl (C=O) groups is 1. The quantitative estimate of drug-likeness (QED) is 0.677. The second-order valence-electron chi connectivity index (χ2n) is 8.24. The van der Waals surface area contributed by atoms with Crippen LogP contribution in [0.1, 0.15) is 54.1 Å². The Hall–Kier alpha value is -2.33. The van der Waals surface area contributed by atoms with Crippen LogP contribution in [0.2, 0.25) is 0 Å². The summed E-state index contributed by atoms with van der Waals surface area (Å²) in [6.45, 7) is 6.76. The molecule has 0 N–H and O–H groups in total. The third-order valence-electron chi connectivity index (χ3n) is 6.30. The van der Waals surface area contributed by atoms with Gasteiger partial charge in [0.15, 0.2) is 0 Å². The lowest BCUT2D eigenvalue weighted by molar-refractivity contribution is 0.0599. The molecule has 4 heteroatoms. The fourth-order valence-corrected chi connectivity index (χ4v) is 4.47. The Morgan fingerprint density at radius 2 is 1.72 bits per heavy atom. The number of likely N-dealkylation sites (tertiary alicyclic amines) is 1. The van der Waals surface area contributed by atoms with Gasteiger partial charge in [-0.05, 0) is 61.1 Å². The van der Waals surface area contributed by atoms with E-state index in [0.717, 1.165) is 76.2 Å². The maximum Gasteiger partial charge on any atom is 0.253 e. The van der Waals surface area contributed by atoms with Crippen molar-refractivity contribution < 1.29 is 9.53 Å². The van der Waals surface area contributed by atoms with E-state index in [9.17, 15) is 4.79 Å². The van der Waals surface area contributed by atoms with Gasteiger partial charge in [-0.1, -0.05) is 37.6 Å². The highest BCUT2D eigenvalue weighted by atomic mass is 16.5. The third-order valence-corrected chi connectivity index (χ3v) is 6.30. The van der Waals surface area contributed by atoms with Gasteiger partial charge in [0.1, 0.15) is 5.75 Å². The van der Waals surface area contributed by atoms with Gasteiger partial charge in [-0.15, -0.1) is 0 Å². The highest BCUT2D eigenvalue weighted by molar-refractivity contribution is 5.94. The van der Waals surface area contributed by atoms with E-state index in [0.29, 0.717) is 6.04 Å². The predicted octanol–water partition coefficient (Wildman–Crippen LogP) is 4.53. The van der Waals surface area contributed by atoms with Crippen LogP contribution in [0.3, 0.4) is 0 Å². The summed E-state index contributed by atoms with van der Waals surface area (Å²) in [6, 6.07) is 17.0. The Kier molecular flexibility index (Phi) is 6.50. The SMILES string of the molecule is CCCCOc1ccc(C(=O)N2CCC(N3CCc4ccccc4C3)CC2)cc1. The normalized spacial score (nSPS) is 17.8. The smallest absolute Gasteiger partial charge is 0.253 e. The minimum Gasteiger partial charge on any atom is -0.494 e. The average Bonchev–Trinajstić information content (AvgIpc) is 2.79. The Labute approximate surface area is 174 Å². The van der Waals surface area contributed by atoms with Gasteiger partial charge < -0.3 is 9.64 Å². The predicted molar refractivity (Wildman–Crippen MR) is 116 cm³/mol. The molecule has 0 aliphatic carbocycles. The lowest BCUT2D eigenvalue weighted by Crippen LogP contribution is -2.48. The minimum absolute atomic E-state index is 0.146. The first-order chi connectivity index (χ1) is 14.2.